The summed E-state index contributed by atoms with van der Waals surface area (Å²) < 4.78 is 0. The summed E-state index contributed by atoms with van der Waals surface area (Å²) in [5.74, 6) is 0.0632. The van der Waals surface area contributed by atoms with E-state index in [2.05, 4.69) is 15.5 Å². The molecule has 7 nitrogen and oxygen atoms in total. The molecule has 1 aliphatic rings. The minimum atomic E-state index is -0.353. The van der Waals surface area contributed by atoms with Crippen LogP contribution in [0.25, 0.3) is 10.8 Å². The molecular weight excluding hydrogens is 450 g/mol. The van der Waals surface area contributed by atoms with E-state index in [4.69, 9.17) is 5.26 Å². The Balaban J connectivity index is 1.14. The van der Waals surface area contributed by atoms with E-state index < -0.39 is 0 Å². The summed E-state index contributed by atoms with van der Waals surface area (Å²) in [7, 11) is 0. The van der Waals surface area contributed by atoms with Crippen LogP contribution in [0.5, 0.6) is 0 Å². The molecule has 178 valence electrons. The van der Waals surface area contributed by atoms with Gasteiger partial charge in [-0.2, -0.15) is 5.26 Å². The highest BCUT2D eigenvalue weighted by molar-refractivity contribution is 6.00. The van der Waals surface area contributed by atoms with Crippen molar-refractivity contribution in [3.8, 4) is 6.07 Å². The van der Waals surface area contributed by atoms with Crippen molar-refractivity contribution in [2.75, 3.05) is 41.7 Å². The molecule has 0 saturated carbocycles. The third kappa shape index (κ3) is 5.13. The van der Waals surface area contributed by atoms with Crippen LogP contribution in [0.2, 0.25) is 0 Å². The summed E-state index contributed by atoms with van der Waals surface area (Å²) in [6, 6.07) is 30.0. The SMILES string of the molecule is N#Cc1ccc(NC(=O)Nc2ccc(N3CCN(C(=O)c4ccc5ccccc5c4)CC3)cc2)cc1. The van der Waals surface area contributed by atoms with E-state index >= 15 is 0 Å². The molecule has 4 aromatic rings. The number of carbonyl (C=O) groups excluding carboxylic acids is 2. The van der Waals surface area contributed by atoms with Crippen molar-refractivity contribution in [3.63, 3.8) is 0 Å². The molecule has 0 aromatic heterocycles. The number of anilines is 3. The summed E-state index contributed by atoms with van der Waals surface area (Å²) in [5.41, 5.74) is 3.59. The van der Waals surface area contributed by atoms with E-state index in [9.17, 15) is 9.59 Å². The van der Waals surface area contributed by atoms with Crippen molar-refractivity contribution < 1.29 is 9.59 Å². The third-order valence-electron chi connectivity index (χ3n) is 6.33. The quantitative estimate of drug-likeness (QED) is 0.418. The third-order valence-corrected chi connectivity index (χ3v) is 6.33. The number of urea groups is 1. The zero-order chi connectivity index (χ0) is 24.9. The van der Waals surface area contributed by atoms with E-state index in [-0.39, 0.29) is 11.9 Å². The van der Waals surface area contributed by atoms with Crippen LogP contribution < -0.4 is 15.5 Å². The second kappa shape index (κ2) is 10.2. The van der Waals surface area contributed by atoms with Gasteiger partial charge in [-0.3, -0.25) is 4.79 Å². The van der Waals surface area contributed by atoms with E-state index in [1.54, 1.807) is 24.3 Å². The zero-order valence-corrected chi connectivity index (χ0v) is 19.6. The first-order chi connectivity index (χ1) is 17.6. The Hall–Kier alpha value is -4.83. The molecule has 1 aliphatic heterocycles. The number of hydrogen-bond acceptors (Lipinski definition) is 4. The van der Waals surface area contributed by atoms with Gasteiger partial charge in [0, 0.05) is 48.8 Å². The van der Waals surface area contributed by atoms with Crippen molar-refractivity contribution in [2.45, 2.75) is 0 Å². The maximum atomic E-state index is 13.0. The van der Waals surface area contributed by atoms with Gasteiger partial charge in [0.1, 0.15) is 0 Å². The Kier molecular flexibility index (Phi) is 6.50. The van der Waals surface area contributed by atoms with Gasteiger partial charge in [0.15, 0.2) is 0 Å². The van der Waals surface area contributed by atoms with Crippen molar-refractivity contribution >= 4 is 39.8 Å². The average molecular weight is 476 g/mol. The van der Waals surface area contributed by atoms with Gasteiger partial charge in [0.25, 0.3) is 5.91 Å². The summed E-state index contributed by atoms with van der Waals surface area (Å²) in [5, 5.41) is 16.6. The number of amides is 3. The lowest BCUT2D eigenvalue weighted by Gasteiger charge is -2.36. The molecule has 0 aliphatic carbocycles. The second-order valence-corrected chi connectivity index (χ2v) is 8.66. The highest BCUT2D eigenvalue weighted by Crippen LogP contribution is 2.22. The van der Waals surface area contributed by atoms with Gasteiger partial charge in [-0.1, -0.05) is 30.3 Å². The van der Waals surface area contributed by atoms with Gasteiger partial charge in [-0.25, -0.2) is 4.79 Å². The smallest absolute Gasteiger partial charge is 0.323 e. The Morgan fingerprint density at radius 1 is 0.722 bits per heavy atom. The maximum absolute atomic E-state index is 13.0. The lowest BCUT2D eigenvalue weighted by Crippen LogP contribution is -2.48. The number of nitrogens with one attached hydrogen (secondary N) is 2. The Labute approximate surface area is 209 Å². The predicted octanol–water partition coefficient (Wildman–Crippen LogP) is 5.32. The molecule has 0 spiro atoms. The van der Waals surface area contributed by atoms with Crippen molar-refractivity contribution in [1.82, 2.24) is 4.90 Å². The first-order valence-electron chi connectivity index (χ1n) is 11.8. The maximum Gasteiger partial charge on any atom is 0.323 e. The average Bonchev–Trinajstić information content (AvgIpc) is 2.93. The molecule has 3 amide bonds. The lowest BCUT2D eigenvalue weighted by atomic mass is 10.1. The molecule has 0 bridgehead atoms. The molecule has 2 N–H and O–H groups in total. The van der Waals surface area contributed by atoms with Crippen molar-refractivity contribution in [3.05, 3.63) is 102 Å². The number of hydrogen-bond donors (Lipinski definition) is 2. The standard InChI is InChI=1S/C29H25N5O2/c30-20-21-5-9-25(10-6-21)31-29(36)32-26-11-13-27(14-12-26)33-15-17-34(18-16-33)28(35)24-8-7-22-3-1-2-4-23(22)19-24/h1-14,19H,15-18H2,(H2,31,32,36). The normalized spacial score (nSPS) is 13.2. The minimum Gasteiger partial charge on any atom is -0.368 e. The molecule has 0 atom stereocenters. The first-order valence-corrected chi connectivity index (χ1v) is 11.8. The highest BCUT2D eigenvalue weighted by Gasteiger charge is 2.22. The molecule has 7 heteroatoms. The Bertz CT molecular complexity index is 1430. The van der Waals surface area contributed by atoms with Crippen LogP contribution in [0.15, 0.2) is 91.0 Å². The first kappa shape index (κ1) is 22.9. The number of piperazine rings is 1. The number of benzene rings is 4. The van der Waals surface area contributed by atoms with Crippen LogP contribution in [0.1, 0.15) is 15.9 Å². The van der Waals surface area contributed by atoms with Crippen LogP contribution >= 0.6 is 0 Å². The van der Waals surface area contributed by atoms with E-state index in [0.29, 0.717) is 30.0 Å². The van der Waals surface area contributed by atoms with Crippen molar-refractivity contribution in [2.24, 2.45) is 0 Å². The summed E-state index contributed by atoms with van der Waals surface area (Å²) in [6.07, 6.45) is 0. The van der Waals surface area contributed by atoms with Crippen LogP contribution in [0.3, 0.4) is 0 Å². The predicted molar refractivity (Wildman–Crippen MR) is 142 cm³/mol. The number of nitrogens with zero attached hydrogens (tertiary/aromatic N) is 3. The fraction of sp³-hybridized carbons (Fsp3) is 0.138. The Morgan fingerprint density at radius 3 is 1.97 bits per heavy atom. The highest BCUT2D eigenvalue weighted by atomic mass is 16.2. The molecule has 0 radical (unpaired) electrons. The number of fused-ring (bicyclic) bond motifs is 1. The monoisotopic (exact) mass is 475 g/mol. The largest absolute Gasteiger partial charge is 0.368 e. The van der Waals surface area contributed by atoms with Crippen LogP contribution in [0, 0.1) is 11.3 Å². The zero-order valence-electron chi connectivity index (χ0n) is 19.6. The molecular formula is C29H25N5O2. The van der Waals surface area contributed by atoms with Gasteiger partial charge >= 0.3 is 6.03 Å². The Morgan fingerprint density at radius 2 is 1.33 bits per heavy atom. The number of rotatable bonds is 4. The van der Waals surface area contributed by atoms with Crippen LogP contribution in [-0.4, -0.2) is 43.0 Å². The van der Waals surface area contributed by atoms with Crippen LogP contribution in [0.4, 0.5) is 21.9 Å². The van der Waals surface area contributed by atoms with Gasteiger partial charge in [-0.05, 0) is 71.4 Å². The van der Waals surface area contributed by atoms with E-state index in [1.165, 1.54) is 0 Å². The van der Waals surface area contributed by atoms with E-state index in [0.717, 1.165) is 35.1 Å². The van der Waals surface area contributed by atoms with Crippen LogP contribution in [-0.2, 0) is 0 Å². The van der Waals surface area contributed by atoms with Gasteiger partial charge in [-0.15, -0.1) is 0 Å². The van der Waals surface area contributed by atoms with Gasteiger partial charge in [0.2, 0.25) is 0 Å². The summed E-state index contributed by atoms with van der Waals surface area (Å²) >= 11 is 0. The molecule has 1 heterocycles. The number of nitriles is 1. The van der Waals surface area contributed by atoms with E-state index in [1.807, 2.05) is 77.7 Å². The molecule has 5 rings (SSSR count). The topological polar surface area (TPSA) is 88.5 Å². The van der Waals surface area contributed by atoms with Crippen molar-refractivity contribution in [1.29, 1.82) is 5.26 Å². The molecule has 1 fully saturated rings. The summed E-state index contributed by atoms with van der Waals surface area (Å²) in [4.78, 5) is 29.5. The molecule has 4 aromatic carbocycles. The lowest BCUT2D eigenvalue weighted by molar-refractivity contribution is 0.0747. The van der Waals surface area contributed by atoms with Gasteiger partial charge in [0.05, 0.1) is 11.6 Å². The number of carbonyl (C=O) groups is 2. The van der Waals surface area contributed by atoms with Gasteiger partial charge < -0.3 is 20.4 Å². The minimum absolute atomic E-state index is 0.0632. The molecule has 1 saturated heterocycles. The fourth-order valence-electron chi connectivity index (χ4n) is 4.35. The fourth-order valence-corrected chi connectivity index (χ4v) is 4.35. The summed E-state index contributed by atoms with van der Waals surface area (Å²) in [6.45, 7) is 2.79. The second-order valence-electron chi connectivity index (χ2n) is 8.66. The molecule has 36 heavy (non-hydrogen) atoms. The molecule has 0 unspecified atom stereocenters.